The van der Waals surface area contributed by atoms with Crippen LogP contribution in [0.5, 0.6) is 5.88 Å². The molecule has 0 spiro atoms. The molecule has 124 valence electrons. The minimum atomic E-state index is 0.396. The number of ether oxygens (including phenoxy) is 1. The van der Waals surface area contributed by atoms with Crippen LogP contribution in [0.25, 0.3) is 0 Å². The van der Waals surface area contributed by atoms with Crippen molar-refractivity contribution >= 4 is 16.7 Å². The molecule has 0 aromatic carbocycles. The van der Waals surface area contributed by atoms with Crippen LogP contribution >= 0.6 is 11.5 Å². The normalized spacial score (nSPS) is 16.1. The molecule has 0 N–H and O–H groups in total. The maximum absolute atomic E-state index is 5.90. The summed E-state index contributed by atoms with van der Waals surface area (Å²) in [5, 5.41) is 1.06. The van der Waals surface area contributed by atoms with E-state index in [1.165, 1.54) is 11.5 Å². The van der Waals surface area contributed by atoms with Gasteiger partial charge in [-0.3, -0.25) is 0 Å². The van der Waals surface area contributed by atoms with Crippen molar-refractivity contribution < 1.29 is 4.74 Å². The van der Waals surface area contributed by atoms with Crippen LogP contribution in [-0.2, 0) is 0 Å². The van der Waals surface area contributed by atoms with Gasteiger partial charge in [0.25, 0.3) is 0 Å². The Morgan fingerprint density at radius 1 is 1.35 bits per heavy atom. The van der Waals surface area contributed by atoms with E-state index in [9.17, 15) is 0 Å². The van der Waals surface area contributed by atoms with Gasteiger partial charge in [0.1, 0.15) is 5.82 Å². The van der Waals surface area contributed by atoms with Crippen molar-refractivity contribution in [3.05, 3.63) is 29.7 Å². The van der Waals surface area contributed by atoms with Crippen LogP contribution in [0, 0.1) is 12.8 Å². The molecule has 1 aliphatic rings. The Labute approximate surface area is 141 Å². The van der Waals surface area contributed by atoms with E-state index in [4.69, 9.17) is 4.74 Å². The maximum Gasteiger partial charge on any atom is 0.216 e. The fourth-order valence-electron chi connectivity index (χ4n) is 2.70. The molecule has 3 heterocycles. The molecule has 1 saturated heterocycles. The minimum absolute atomic E-state index is 0.396. The maximum atomic E-state index is 5.90. The summed E-state index contributed by atoms with van der Waals surface area (Å²) in [7, 11) is 0. The van der Waals surface area contributed by atoms with Gasteiger partial charge in [-0.2, -0.15) is 4.37 Å². The van der Waals surface area contributed by atoms with Gasteiger partial charge in [-0.15, -0.1) is 0 Å². The van der Waals surface area contributed by atoms with Crippen molar-refractivity contribution in [2.45, 2.75) is 39.5 Å². The van der Waals surface area contributed by atoms with Gasteiger partial charge in [0, 0.05) is 42.3 Å². The molecule has 1 aliphatic heterocycles. The van der Waals surface area contributed by atoms with E-state index in [-0.39, 0.29) is 0 Å². The van der Waals surface area contributed by atoms with Crippen molar-refractivity contribution in [3.63, 3.8) is 0 Å². The van der Waals surface area contributed by atoms with Gasteiger partial charge >= 0.3 is 0 Å². The number of pyridine rings is 1. The topological polar surface area (TPSA) is 51.1 Å². The second-order valence-electron chi connectivity index (χ2n) is 6.46. The lowest BCUT2D eigenvalue weighted by atomic mass is 9.98. The molecule has 0 unspecified atom stereocenters. The molecular formula is C17H24N4OS. The standard InChI is InChI=1S/C17H24N4OS/c1-12(2)15-19-17(23-20-15)21-9-6-14(7-10-21)11-22-16-13(3)5-4-8-18-16/h4-5,8,12,14H,6-7,9-11H2,1-3H3. The first kappa shape index (κ1) is 16.2. The first-order chi connectivity index (χ1) is 11.1. The van der Waals surface area contributed by atoms with Crippen molar-refractivity contribution in [1.29, 1.82) is 0 Å². The minimum Gasteiger partial charge on any atom is -0.477 e. The third-order valence-electron chi connectivity index (χ3n) is 4.25. The number of nitrogens with zero attached hydrogens (tertiary/aromatic N) is 4. The zero-order valence-electron chi connectivity index (χ0n) is 14.0. The average molecular weight is 332 g/mol. The highest BCUT2D eigenvalue weighted by Gasteiger charge is 2.23. The van der Waals surface area contributed by atoms with Gasteiger partial charge in [0.05, 0.1) is 6.61 Å². The van der Waals surface area contributed by atoms with Crippen molar-refractivity contribution in [2.75, 3.05) is 24.6 Å². The quantitative estimate of drug-likeness (QED) is 0.836. The van der Waals surface area contributed by atoms with E-state index in [1.807, 2.05) is 19.1 Å². The summed E-state index contributed by atoms with van der Waals surface area (Å²) in [6.07, 6.45) is 4.04. The van der Waals surface area contributed by atoms with Gasteiger partial charge < -0.3 is 9.64 Å². The van der Waals surface area contributed by atoms with Gasteiger partial charge in [-0.25, -0.2) is 9.97 Å². The molecule has 0 atom stereocenters. The SMILES string of the molecule is Cc1cccnc1OCC1CCN(c2nc(C(C)C)ns2)CC1. The highest BCUT2D eigenvalue weighted by Crippen LogP contribution is 2.27. The van der Waals surface area contributed by atoms with Crippen molar-refractivity contribution in [1.82, 2.24) is 14.3 Å². The lowest BCUT2D eigenvalue weighted by molar-refractivity contribution is 0.215. The fourth-order valence-corrected chi connectivity index (χ4v) is 3.56. The summed E-state index contributed by atoms with van der Waals surface area (Å²) in [6.45, 7) is 9.11. The first-order valence-corrected chi connectivity index (χ1v) is 9.04. The summed E-state index contributed by atoms with van der Waals surface area (Å²) in [6, 6.07) is 3.97. The van der Waals surface area contributed by atoms with Gasteiger partial charge in [0.2, 0.25) is 11.0 Å². The largest absolute Gasteiger partial charge is 0.477 e. The predicted molar refractivity (Wildman–Crippen MR) is 93.4 cm³/mol. The second-order valence-corrected chi connectivity index (χ2v) is 7.19. The van der Waals surface area contributed by atoms with Crippen LogP contribution < -0.4 is 9.64 Å². The van der Waals surface area contributed by atoms with Crippen molar-refractivity contribution in [3.8, 4) is 5.88 Å². The molecule has 2 aromatic rings. The molecule has 0 amide bonds. The number of hydrogen-bond acceptors (Lipinski definition) is 6. The first-order valence-electron chi connectivity index (χ1n) is 8.26. The zero-order chi connectivity index (χ0) is 16.2. The smallest absolute Gasteiger partial charge is 0.216 e. The van der Waals surface area contributed by atoms with Crippen LogP contribution in [0.4, 0.5) is 5.13 Å². The monoisotopic (exact) mass is 332 g/mol. The summed E-state index contributed by atoms with van der Waals surface area (Å²) in [4.78, 5) is 11.3. The number of anilines is 1. The van der Waals surface area contributed by atoms with Crippen LogP contribution in [0.3, 0.4) is 0 Å². The number of piperidine rings is 1. The van der Waals surface area contributed by atoms with Gasteiger partial charge in [-0.1, -0.05) is 19.9 Å². The fraction of sp³-hybridized carbons (Fsp3) is 0.588. The van der Waals surface area contributed by atoms with E-state index in [1.54, 1.807) is 6.20 Å². The summed E-state index contributed by atoms with van der Waals surface area (Å²) in [5.74, 6) is 2.71. The number of rotatable bonds is 5. The third-order valence-corrected chi connectivity index (χ3v) is 5.04. The van der Waals surface area contributed by atoms with Crippen molar-refractivity contribution in [2.24, 2.45) is 5.92 Å². The second kappa shape index (κ2) is 7.25. The molecule has 23 heavy (non-hydrogen) atoms. The number of hydrogen-bond donors (Lipinski definition) is 0. The molecule has 0 bridgehead atoms. The molecule has 0 saturated carbocycles. The molecular weight excluding hydrogens is 308 g/mol. The Hall–Kier alpha value is -1.69. The number of aromatic nitrogens is 3. The molecule has 6 heteroatoms. The Balaban J connectivity index is 1.49. The molecule has 1 fully saturated rings. The summed E-state index contributed by atoms with van der Waals surface area (Å²) >= 11 is 1.52. The number of aryl methyl sites for hydroxylation is 1. The highest BCUT2D eigenvalue weighted by atomic mass is 32.1. The van der Waals surface area contributed by atoms with E-state index in [0.29, 0.717) is 11.8 Å². The molecule has 0 aliphatic carbocycles. The average Bonchev–Trinajstić information content (AvgIpc) is 3.05. The summed E-state index contributed by atoms with van der Waals surface area (Å²) < 4.78 is 10.3. The predicted octanol–water partition coefficient (Wildman–Crippen LogP) is 3.66. The lowest BCUT2D eigenvalue weighted by Crippen LogP contribution is -2.35. The third kappa shape index (κ3) is 3.99. The van der Waals surface area contributed by atoms with Crippen LogP contribution in [-0.4, -0.2) is 34.0 Å². The van der Waals surface area contributed by atoms with E-state index in [0.717, 1.165) is 54.9 Å². The van der Waals surface area contributed by atoms with Gasteiger partial charge in [-0.05, 0) is 31.7 Å². The molecule has 3 rings (SSSR count). The highest BCUT2D eigenvalue weighted by molar-refractivity contribution is 7.09. The Morgan fingerprint density at radius 3 is 2.78 bits per heavy atom. The van der Waals surface area contributed by atoms with Crippen LogP contribution in [0.2, 0.25) is 0 Å². The Kier molecular flexibility index (Phi) is 5.10. The van der Waals surface area contributed by atoms with Crippen LogP contribution in [0.15, 0.2) is 18.3 Å². The Bertz CT molecular complexity index is 635. The van der Waals surface area contributed by atoms with E-state index < -0.39 is 0 Å². The van der Waals surface area contributed by atoms with E-state index >= 15 is 0 Å². The van der Waals surface area contributed by atoms with Crippen LogP contribution in [0.1, 0.15) is 44.0 Å². The lowest BCUT2D eigenvalue weighted by Gasteiger charge is -2.31. The summed E-state index contributed by atoms with van der Waals surface area (Å²) in [5.41, 5.74) is 1.10. The molecule has 0 radical (unpaired) electrons. The van der Waals surface area contributed by atoms with Gasteiger partial charge in [0.15, 0.2) is 0 Å². The molecule has 5 nitrogen and oxygen atoms in total. The molecule has 2 aromatic heterocycles. The zero-order valence-corrected chi connectivity index (χ0v) is 14.8. The Morgan fingerprint density at radius 2 is 2.13 bits per heavy atom. The van der Waals surface area contributed by atoms with E-state index in [2.05, 4.69) is 33.1 Å².